The molecule has 0 heterocycles. The van der Waals surface area contributed by atoms with Gasteiger partial charge in [-0.05, 0) is 6.42 Å². The fraction of sp³-hybridized carbons (Fsp3) is 0.750. The second kappa shape index (κ2) is 3.44. The Morgan fingerprint density at radius 3 is 2.83 bits per heavy atom. The van der Waals surface area contributed by atoms with Crippen molar-refractivity contribution in [1.82, 2.24) is 0 Å². The molecule has 2 nitrogen and oxygen atoms in total. The number of halogens is 1. The molecule has 66 valence electrons. The second-order valence-corrected chi connectivity index (χ2v) is 4.30. The summed E-state index contributed by atoms with van der Waals surface area (Å²) in [5.74, 6) is 0.455. The van der Waals surface area contributed by atoms with E-state index in [9.17, 15) is 9.18 Å². The first-order valence-electron chi connectivity index (χ1n) is 3.75. The molecule has 1 rings (SSSR count). The summed E-state index contributed by atoms with van der Waals surface area (Å²) >= 11 is 1.11. The van der Waals surface area contributed by atoms with Gasteiger partial charge < -0.3 is 0 Å². The molecule has 0 spiro atoms. The monoisotopic (exact) mass is 187 g/mol. The van der Waals surface area contributed by atoms with Gasteiger partial charge in [-0.3, -0.25) is 4.79 Å². The maximum Gasteiger partial charge on any atom is 0.185 e. The Morgan fingerprint density at radius 2 is 2.50 bits per heavy atom. The largest absolute Gasteiger partial charge is 0.288 e. The van der Waals surface area contributed by atoms with Crippen molar-refractivity contribution >= 4 is 16.9 Å². The molecule has 0 saturated heterocycles. The summed E-state index contributed by atoms with van der Waals surface area (Å²) in [6, 6.07) is 1.96. The molecule has 0 bridgehead atoms. The van der Waals surface area contributed by atoms with Crippen molar-refractivity contribution in [3.8, 4) is 6.07 Å². The first-order valence-corrected chi connectivity index (χ1v) is 4.74. The highest BCUT2D eigenvalue weighted by atomic mass is 32.2. The minimum absolute atomic E-state index is 0.00795. The lowest BCUT2D eigenvalue weighted by Crippen LogP contribution is -2.08. The molecule has 0 aliphatic heterocycles. The van der Waals surface area contributed by atoms with Crippen LogP contribution in [0, 0.1) is 16.7 Å². The van der Waals surface area contributed by atoms with Crippen LogP contribution in [0.4, 0.5) is 4.39 Å². The Bertz CT molecular complexity index is 238. The summed E-state index contributed by atoms with van der Waals surface area (Å²) in [6.07, 6.45) is -0.195. The SMILES string of the molecule is CC(=O)SC[C@@]1(CC#N)C[C@@H]1F. The molecule has 1 saturated carbocycles. The highest BCUT2D eigenvalue weighted by Crippen LogP contribution is 2.53. The van der Waals surface area contributed by atoms with Gasteiger partial charge in [0.25, 0.3) is 0 Å². The molecule has 0 unspecified atom stereocenters. The molecular formula is C8H10FNOS. The molecule has 4 heteroatoms. The van der Waals surface area contributed by atoms with Crippen LogP contribution < -0.4 is 0 Å². The quantitative estimate of drug-likeness (QED) is 0.677. The third-order valence-electron chi connectivity index (χ3n) is 2.08. The van der Waals surface area contributed by atoms with Crippen LogP contribution in [0.25, 0.3) is 0 Å². The van der Waals surface area contributed by atoms with Crippen LogP contribution in [-0.2, 0) is 4.79 Å². The molecule has 1 aliphatic rings. The summed E-state index contributed by atoms with van der Waals surface area (Å²) < 4.78 is 12.8. The zero-order chi connectivity index (χ0) is 9.19. The summed E-state index contributed by atoms with van der Waals surface area (Å²) in [4.78, 5) is 10.6. The number of thioether (sulfide) groups is 1. The van der Waals surface area contributed by atoms with Crippen LogP contribution >= 0.6 is 11.8 Å². The summed E-state index contributed by atoms with van der Waals surface area (Å²) in [5.41, 5.74) is -0.495. The highest BCUT2D eigenvalue weighted by Gasteiger charge is 2.54. The van der Waals surface area contributed by atoms with E-state index < -0.39 is 11.6 Å². The summed E-state index contributed by atoms with van der Waals surface area (Å²) in [7, 11) is 0. The van der Waals surface area contributed by atoms with Gasteiger partial charge in [0.2, 0.25) is 0 Å². The average molecular weight is 187 g/mol. The van der Waals surface area contributed by atoms with E-state index >= 15 is 0 Å². The fourth-order valence-electron chi connectivity index (χ4n) is 1.08. The Kier molecular flexibility index (Phi) is 2.73. The first kappa shape index (κ1) is 9.53. The van der Waals surface area contributed by atoms with Crippen LogP contribution in [0.5, 0.6) is 0 Å². The average Bonchev–Trinajstić information content (AvgIpc) is 2.60. The molecule has 0 radical (unpaired) electrons. The van der Waals surface area contributed by atoms with Gasteiger partial charge >= 0.3 is 0 Å². The number of hydrogen-bond donors (Lipinski definition) is 0. The molecule has 2 atom stereocenters. The molecule has 0 aromatic carbocycles. The molecule has 0 aromatic heterocycles. The number of alkyl halides is 1. The topological polar surface area (TPSA) is 40.9 Å². The Morgan fingerprint density at radius 1 is 1.92 bits per heavy atom. The van der Waals surface area contributed by atoms with Gasteiger partial charge in [-0.1, -0.05) is 11.8 Å². The third kappa shape index (κ3) is 1.98. The molecule has 0 amide bonds. The number of nitrogens with zero attached hydrogens (tertiary/aromatic N) is 1. The standard InChI is InChI=1S/C8H10FNOS/c1-6(11)12-5-8(2-3-10)4-7(8)9/h7H,2,4-5H2,1H3/t7-,8+/m0/s1. The van der Waals surface area contributed by atoms with E-state index in [0.717, 1.165) is 11.8 Å². The van der Waals surface area contributed by atoms with Crippen molar-refractivity contribution in [2.24, 2.45) is 5.41 Å². The van der Waals surface area contributed by atoms with Gasteiger partial charge in [0.1, 0.15) is 6.17 Å². The van der Waals surface area contributed by atoms with E-state index in [1.807, 2.05) is 6.07 Å². The van der Waals surface area contributed by atoms with E-state index in [-0.39, 0.29) is 11.5 Å². The van der Waals surface area contributed by atoms with Crippen LogP contribution in [-0.4, -0.2) is 17.0 Å². The van der Waals surface area contributed by atoms with Gasteiger partial charge in [-0.2, -0.15) is 5.26 Å². The van der Waals surface area contributed by atoms with E-state index in [2.05, 4.69) is 0 Å². The molecular weight excluding hydrogens is 177 g/mol. The lowest BCUT2D eigenvalue weighted by atomic mass is 10.1. The van der Waals surface area contributed by atoms with Gasteiger partial charge in [0.15, 0.2) is 5.12 Å². The first-order chi connectivity index (χ1) is 5.60. The van der Waals surface area contributed by atoms with Crippen molar-refractivity contribution < 1.29 is 9.18 Å². The van der Waals surface area contributed by atoms with Crippen molar-refractivity contribution in [1.29, 1.82) is 5.26 Å². The second-order valence-electron chi connectivity index (χ2n) is 3.15. The molecule has 0 aromatic rings. The van der Waals surface area contributed by atoms with Crippen molar-refractivity contribution in [3.63, 3.8) is 0 Å². The van der Waals surface area contributed by atoms with E-state index in [4.69, 9.17) is 5.26 Å². The highest BCUT2D eigenvalue weighted by molar-refractivity contribution is 8.13. The Hall–Kier alpha value is -0.560. The predicted octanol–water partition coefficient (Wildman–Crippen LogP) is 1.91. The van der Waals surface area contributed by atoms with E-state index in [0.29, 0.717) is 12.2 Å². The molecule has 0 N–H and O–H groups in total. The zero-order valence-corrected chi connectivity index (χ0v) is 7.66. The van der Waals surface area contributed by atoms with E-state index in [1.54, 1.807) is 0 Å². The number of nitriles is 1. The van der Waals surface area contributed by atoms with Crippen LogP contribution in [0.2, 0.25) is 0 Å². The van der Waals surface area contributed by atoms with Gasteiger partial charge in [0, 0.05) is 24.5 Å². The Balaban J connectivity index is 2.38. The fourth-order valence-corrected chi connectivity index (χ4v) is 1.98. The van der Waals surface area contributed by atoms with Crippen LogP contribution in [0.1, 0.15) is 19.8 Å². The van der Waals surface area contributed by atoms with Crippen molar-refractivity contribution in [3.05, 3.63) is 0 Å². The van der Waals surface area contributed by atoms with Gasteiger partial charge in [-0.15, -0.1) is 0 Å². The molecule has 1 fully saturated rings. The lowest BCUT2D eigenvalue weighted by molar-refractivity contribution is -0.109. The number of carbonyl (C=O) groups is 1. The number of hydrogen-bond acceptors (Lipinski definition) is 3. The maximum absolute atomic E-state index is 12.8. The van der Waals surface area contributed by atoms with E-state index in [1.165, 1.54) is 6.92 Å². The van der Waals surface area contributed by atoms with Crippen LogP contribution in [0.15, 0.2) is 0 Å². The smallest absolute Gasteiger partial charge is 0.185 e. The predicted molar refractivity (Wildman–Crippen MR) is 45.3 cm³/mol. The third-order valence-corrected chi connectivity index (χ3v) is 3.21. The normalized spacial score (nSPS) is 32.6. The van der Waals surface area contributed by atoms with Gasteiger partial charge in [-0.25, -0.2) is 4.39 Å². The lowest BCUT2D eigenvalue weighted by Gasteiger charge is -2.07. The van der Waals surface area contributed by atoms with Crippen molar-refractivity contribution in [2.75, 3.05) is 5.75 Å². The zero-order valence-electron chi connectivity index (χ0n) is 6.84. The number of rotatable bonds is 3. The summed E-state index contributed by atoms with van der Waals surface area (Å²) in [5, 5.41) is 8.41. The molecule has 12 heavy (non-hydrogen) atoms. The van der Waals surface area contributed by atoms with Crippen molar-refractivity contribution in [2.45, 2.75) is 25.9 Å². The minimum atomic E-state index is -0.871. The maximum atomic E-state index is 12.8. The summed E-state index contributed by atoms with van der Waals surface area (Å²) in [6.45, 7) is 1.46. The molecule has 1 aliphatic carbocycles. The Labute approximate surface area is 75.1 Å². The van der Waals surface area contributed by atoms with Crippen LogP contribution in [0.3, 0.4) is 0 Å². The minimum Gasteiger partial charge on any atom is -0.288 e. The van der Waals surface area contributed by atoms with Gasteiger partial charge in [0.05, 0.1) is 6.07 Å². The number of carbonyl (C=O) groups excluding carboxylic acids is 1.